The van der Waals surface area contributed by atoms with E-state index in [1.807, 2.05) is 18.3 Å². The molecule has 7 heteroatoms. The number of hydrogen-bond acceptors (Lipinski definition) is 5. The predicted octanol–water partition coefficient (Wildman–Crippen LogP) is 5.64. The minimum Gasteiger partial charge on any atom is -0.381 e. The molecule has 3 saturated heterocycles. The van der Waals surface area contributed by atoms with Gasteiger partial charge in [-0.15, -0.1) is 0 Å². The van der Waals surface area contributed by atoms with Crippen LogP contribution < -0.4 is 5.32 Å². The van der Waals surface area contributed by atoms with Crippen LogP contribution in [0.25, 0.3) is 10.8 Å². The van der Waals surface area contributed by atoms with Crippen LogP contribution in [-0.2, 0) is 14.3 Å². The molecule has 3 aliphatic heterocycles. The predicted molar refractivity (Wildman–Crippen MR) is 143 cm³/mol. The van der Waals surface area contributed by atoms with Gasteiger partial charge in [-0.1, -0.05) is 25.4 Å². The van der Waals surface area contributed by atoms with Crippen molar-refractivity contribution in [2.75, 3.05) is 44.8 Å². The first kappa shape index (κ1) is 24.6. The molecule has 6 nitrogen and oxygen atoms in total. The van der Waals surface area contributed by atoms with Crippen LogP contribution in [0.5, 0.6) is 0 Å². The zero-order valence-corrected chi connectivity index (χ0v) is 22.5. The van der Waals surface area contributed by atoms with Crippen LogP contribution in [0, 0.1) is 16.7 Å². The smallest absolute Gasteiger partial charge is 0.229 e. The van der Waals surface area contributed by atoms with Gasteiger partial charge in [0, 0.05) is 46.7 Å². The molecule has 1 aromatic carbocycles. The summed E-state index contributed by atoms with van der Waals surface area (Å²) in [6.45, 7) is 12.3. The summed E-state index contributed by atoms with van der Waals surface area (Å²) in [7, 11) is 0. The minimum atomic E-state index is 0.0781. The van der Waals surface area contributed by atoms with E-state index in [0.29, 0.717) is 11.7 Å². The van der Waals surface area contributed by atoms with E-state index in [2.05, 4.69) is 42.0 Å². The van der Waals surface area contributed by atoms with Gasteiger partial charge in [0.1, 0.15) is 5.82 Å². The Bertz CT molecular complexity index is 1170. The number of nitrogens with one attached hydrogen (secondary N) is 1. The number of amides is 1. The number of carbonyl (C=O) groups excluding carboxylic acids is 1. The highest BCUT2D eigenvalue weighted by Gasteiger charge is 2.58. The van der Waals surface area contributed by atoms with Gasteiger partial charge in [0.05, 0.1) is 13.2 Å². The number of halogens is 1. The Labute approximate surface area is 219 Å². The molecule has 4 heterocycles. The van der Waals surface area contributed by atoms with Crippen LogP contribution >= 0.6 is 11.6 Å². The van der Waals surface area contributed by atoms with Gasteiger partial charge >= 0.3 is 0 Å². The normalized spacial score (nSPS) is 30.1. The van der Waals surface area contributed by atoms with E-state index in [0.717, 1.165) is 87.4 Å². The Morgan fingerprint density at radius 1 is 1.06 bits per heavy atom. The Balaban J connectivity index is 1.16. The molecule has 1 saturated carbocycles. The summed E-state index contributed by atoms with van der Waals surface area (Å²) in [4.78, 5) is 20.1. The number of likely N-dealkylation sites (tertiary alicyclic amines) is 1. The monoisotopic (exact) mass is 511 g/mol. The van der Waals surface area contributed by atoms with E-state index in [9.17, 15) is 4.79 Å². The molecule has 4 aliphatic rings. The summed E-state index contributed by atoms with van der Waals surface area (Å²) >= 11 is 6.79. The fourth-order valence-electron chi connectivity index (χ4n) is 6.89. The lowest BCUT2D eigenvalue weighted by Gasteiger charge is -2.48. The van der Waals surface area contributed by atoms with E-state index < -0.39 is 0 Å². The second-order valence-corrected chi connectivity index (χ2v) is 12.8. The summed E-state index contributed by atoms with van der Waals surface area (Å²) in [5.74, 6) is 1.24. The molecule has 2 aromatic rings. The molecule has 1 aliphatic carbocycles. The standard InChI is InChI=1S/C29H38ClN3O3/c1-27(2)17-36-18-28(27,3)33-8-4-19(5-9-33)22-12-20-14-25(31-16-21(20)13-24(22)30)32-26(34)23-15-29(23)6-10-35-11-7-29/h12-14,16,19,23H,4-11,15,17-18H2,1-3H3,(H,31,32,34)/t23?,28-/m1/s1. The maximum atomic E-state index is 12.9. The van der Waals surface area contributed by atoms with Gasteiger partial charge in [0.15, 0.2) is 0 Å². The first-order chi connectivity index (χ1) is 17.2. The third-order valence-electron chi connectivity index (χ3n) is 10.0. The van der Waals surface area contributed by atoms with E-state index in [-0.39, 0.29) is 28.2 Å². The van der Waals surface area contributed by atoms with Gasteiger partial charge in [0.2, 0.25) is 5.91 Å². The van der Waals surface area contributed by atoms with Crippen molar-refractivity contribution in [3.05, 3.63) is 35.0 Å². The number of fused-ring (bicyclic) bond motifs is 1. The fraction of sp³-hybridized carbons (Fsp3) is 0.655. The molecule has 1 N–H and O–H groups in total. The van der Waals surface area contributed by atoms with Crippen molar-refractivity contribution >= 4 is 34.1 Å². The number of aromatic nitrogens is 1. The van der Waals surface area contributed by atoms with Crippen molar-refractivity contribution in [1.82, 2.24) is 9.88 Å². The van der Waals surface area contributed by atoms with Gasteiger partial charge in [-0.05, 0) is 92.6 Å². The number of pyridine rings is 1. The summed E-state index contributed by atoms with van der Waals surface area (Å²) in [5, 5.41) is 5.99. The van der Waals surface area contributed by atoms with Gasteiger partial charge in [-0.3, -0.25) is 9.69 Å². The highest BCUT2D eigenvalue weighted by Crippen LogP contribution is 2.59. The molecule has 1 aromatic heterocycles. The number of piperidine rings is 1. The van der Waals surface area contributed by atoms with Crippen LogP contribution in [0.3, 0.4) is 0 Å². The SMILES string of the molecule is CC1(C)COC[C@@]1(C)N1CCC(c2cc3cc(NC(=O)C4CC45CCOCC5)ncc3cc2Cl)CC1. The van der Waals surface area contributed by atoms with Crippen LogP contribution in [0.2, 0.25) is 5.02 Å². The molecule has 194 valence electrons. The molecule has 0 bridgehead atoms. The average Bonchev–Trinajstić information content (AvgIpc) is 3.48. The number of anilines is 1. The van der Waals surface area contributed by atoms with E-state index in [1.165, 1.54) is 5.56 Å². The van der Waals surface area contributed by atoms with Crippen molar-refractivity contribution in [3.8, 4) is 0 Å². The Kier molecular flexibility index (Phi) is 6.11. The third-order valence-corrected chi connectivity index (χ3v) is 10.3. The lowest BCUT2D eigenvalue weighted by molar-refractivity contribution is -0.118. The number of benzene rings is 1. The van der Waals surface area contributed by atoms with Crippen molar-refractivity contribution < 1.29 is 14.3 Å². The quantitative estimate of drug-likeness (QED) is 0.575. The van der Waals surface area contributed by atoms with E-state index in [4.69, 9.17) is 21.1 Å². The second-order valence-electron chi connectivity index (χ2n) is 12.4. The van der Waals surface area contributed by atoms with Gasteiger partial charge in [0.25, 0.3) is 0 Å². The highest BCUT2D eigenvalue weighted by atomic mass is 35.5. The Morgan fingerprint density at radius 2 is 1.81 bits per heavy atom. The van der Waals surface area contributed by atoms with E-state index in [1.54, 1.807) is 0 Å². The van der Waals surface area contributed by atoms with Crippen molar-refractivity contribution in [1.29, 1.82) is 0 Å². The molecule has 1 unspecified atom stereocenters. The first-order valence-corrected chi connectivity index (χ1v) is 13.9. The molecule has 1 spiro atoms. The number of nitrogens with zero attached hydrogens (tertiary/aromatic N) is 2. The van der Waals surface area contributed by atoms with Crippen LogP contribution in [0.15, 0.2) is 24.4 Å². The minimum absolute atomic E-state index is 0.0781. The van der Waals surface area contributed by atoms with Crippen molar-refractivity contribution in [2.24, 2.45) is 16.7 Å². The topological polar surface area (TPSA) is 63.7 Å². The van der Waals surface area contributed by atoms with Crippen molar-refractivity contribution in [2.45, 2.75) is 64.3 Å². The lowest BCUT2D eigenvalue weighted by atomic mass is 9.73. The summed E-state index contributed by atoms with van der Waals surface area (Å²) < 4.78 is 11.4. The number of carbonyl (C=O) groups is 1. The zero-order chi connectivity index (χ0) is 25.1. The van der Waals surface area contributed by atoms with Gasteiger partial charge in [-0.2, -0.15) is 0 Å². The molecule has 2 atom stereocenters. The average molecular weight is 512 g/mol. The fourth-order valence-corrected chi connectivity index (χ4v) is 7.21. The van der Waals surface area contributed by atoms with Crippen molar-refractivity contribution in [3.63, 3.8) is 0 Å². The van der Waals surface area contributed by atoms with Crippen LogP contribution in [-0.4, -0.2) is 60.8 Å². The highest BCUT2D eigenvalue weighted by molar-refractivity contribution is 6.32. The zero-order valence-electron chi connectivity index (χ0n) is 21.7. The molecule has 0 radical (unpaired) electrons. The summed E-state index contributed by atoms with van der Waals surface area (Å²) in [6, 6.07) is 6.25. The number of rotatable bonds is 4. The second kappa shape index (κ2) is 8.93. The number of hydrogen-bond donors (Lipinski definition) is 1. The molecular weight excluding hydrogens is 474 g/mol. The molecule has 1 amide bonds. The molecule has 4 fully saturated rings. The molecule has 36 heavy (non-hydrogen) atoms. The molecular formula is C29H38ClN3O3. The largest absolute Gasteiger partial charge is 0.381 e. The van der Waals surface area contributed by atoms with Gasteiger partial charge < -0.3 is 14.8 Å². The lowest BCUT2D eigenvalue weighted by Crippen LogP contribution is -2.57. The maximum absolute atomic E-state index is 12.9. The third kappa shape index (κ3) is 4.14. The molecule has 6 rings (SSSR count). The van der Waals surface area contributed by atoms with Crippen LogP contribution in [0.1, 0.15) is 64.4 Å². The maximum Gasteiger partial charge on any atom is 0.229 e. The summed E-state index contributed by atoms with van der Waals surface area (Å²) in [6.07, 6.45) is 6.93. The van der Waals surface area contributed by atoms with Crippen LogP contribution in [0.4, 0.5) is 5.82 Å². The Hall–Kier alpha value is -1.73. The van der Waals surface area contributed by atoms with E-state index >= 15 is 0 Å². The Morgan fingerprint density at radius 3 is 2.50 bits per heavy atom. The van der Waals surface area contributed by atoms with Gasteiger partial charge in [-0.25, -0.2) is 4.98 Å². The summed E-state index contributed by atoms with van der Waals surface area (Å²) in [5.41, 5.74) is 1.60. The first-order valence-electron chi connectivity index (χ1n) is 13.5. The number of ether oxygens (including phenoxy) is 2.